The zero-order valence-electron chi connectivity index (χ0n) is 10.8. The second-order valence-electron chi connectivity index (χ2n) is 3.87. The third-order valence-corrected chi connectivity index (χ3v) is 2.17. The first kappa shape index (κ1) is 17.4. The van der Waals surface area contributed by atoms with E-state index in [-0.39, 0.29) is 0 Å². The van der Waals surface area contributed by atoms with Crippen molar-refractivity contribution in [3.8, 4) is 12.3 Å². The summed E-state index contributed by atoms with van der Waals surface area (Å²) in [7, 11) is 0. The molecule has 0 spiro atoms. The van der Waals surface area contributed by atoms with Crippen LogP contribution < -0.4 is 0 Å². The zero-order chi connectivity index (χ0) is 12.6. The van der Waals surface area contributed by atoms with Crippen LogP contribution >= 0.6 is 0 Å². The fraction of sp³-hybridized carbons (Fsp3) is 0.786. The van der Waals surface area contributed by atoms with Gasteiger partial charge in [0, 0.05) is 12.8 Å². The number of aliphatic carboxylic acids is 1. The molecule has 1 N–H and O–H groups in total. The van der Waals surface area contributed by atoms with Gasteiger partial charge in [-0.25, -0.2) is 0 Å². The van der Waals surface area contributed by atoms with E-state index in [9.17, 15) is 4.79 Å². The van der Waals surface area contributed by atoms with Crippen LogP contribution in [0.5, 0.6) is 0 Å². The first-order chi connectivity index (χ1) is 7.68. The number of hydrogen-bond acceptors (Lipinski definition) is 1. The van der Waals surface area contributed by atoms with Gasteiger partial charge in [0.25, 0.3) is 0 Å². The molecule has 0 aromatic rings. The topological polar surface area (TPSA) is 37.3 Å². The third kappa shape index (κ3) is 23.1. The monoisotopic (exact) mass is 226 g/mol. The minimum atomic E-state index is -0.682. The summed E-state index contributed by atoms with van der Waals surface area (Å²) in [6.07, 6.45) is 14.4. The van der Waals surface area contributed by atoms with Crippen LogP contribution in [0.4, 0.5) is 0 Å². The molecule has 0 rings (SSSR count). The van der Waals surface area contributed by atoms with Crippen molar-refractivity contribution in [1.29, 1.82) is 0 Å². The predicted octanol–water partition coefficient (Wildman–Crippen LogP) is 4.24. The van der Waals surface area contributed by atoms with Crippen LogP contribution in [0, 0.1) is 12.3 Å². The number of carboxylic acid groups (broad SMARTS) is 1. The standard InChI is InChI=1S/C8H14.C6H12O2/c1-3-5-7-8-6-4-2;1-2-3-4-5-6(7)8/h1H,4-8H2,2H3;2-5H2,1H3,(H,7,8). The highest BCUT2D eigenvalue weighted by atomic mass is 16.4. The molecule has 16 heavy (non-hydrogen) atoms. The Morgan fingerprint density at radius 2 is 1.62 bits per heavy atom. The van der Waals surface area contributed by atoms with Crippen LogP contribution in [0.2, 0.25) is 0 Å². The van der Waals surface area contributed by atoms with Crippen molar-refractivity contribution in [1.82, 2.24) is 0 Å². The van der Waals surface area contributed by atoms with Crippen molar-refractivity contribution in [3.63, 3.8) is 0 Å². The van der Waals surface area contributed by atoms with Gasteiger partial charge < -0.3 is 5.11 Å². The summed E-state index contributed by atoms with van der Waals surface area (Å²) >= 11 is 0. The Morgan fingerprint density at radius 3 is 2.06 bits per heavy atom. The molecule has 0 bridgehead atoms. The maximum Gasteiger partial charge on any atom is 0.303 e. The largest absolute Gasteiger partial charge is 0.481 e. The van der Waals surface area contributed by atoms with Gasteiger partial charge in [-0.1, -0.05) is 46.0 Å². The fourth-order valence-electron chi connectivity index (χ4n) is 1.18. The molecule has 0 aliphatic carbocycles. The molecule has 0 radical (unpaired) electrons. The summed E-state index contributed by atoms with van der Waals surface area (Å²) in [6, 6.07) is 0. The minimum Gasteiger partial charge on any atom is -0.481 e. The predicted molar refractivity (Wildman–Crippen MR) is 69.4 cm³/mol. The number of rotatable bonds is 8. The Morgan fingerprint density at radius 1 is 1.06 bits per heavy atom. The van der Waals surface area contributed by atoms with E-state index in [0.717, 1.165) is 25.7 Å². The smallest absolute Gasteiger partial charge is 0.303 e. The SMILES string of the molecule is C#CCCCCCC.CCCCCC(=O)O. The molecule has 0 atom stereocenters. The highest BCUT2D eigenvalue weighted by Crippen LogP contribution is 2.00. The van der Waals surface area contributed by atoms with E-state index in [1.807, 2.05) is 0 Å². The molecule has 0 aromatic heterocycles. The summed E-state index contributed by atoms with van der Waals surface area (Å²) in [5.74, 6) is 1.94. The molecule has 0 aromatic carbocycles. The van der Waals surface area contributed by atoms with Crippen LogP contribution in [0.3, 0.4) is 0 Å². The molecular weight excluding hydrogens is 200 g/mol. The highest BCUT2D eigenvalue weighted by Gasteiger charge is 1.92. The summed E-state index contributed by atoms with van der Waals surface area (Å²) in [5, 5.41) is 8.14. The summed E-state index contributed by atoms with van der Waals surface area (Å²) in [6.45, 7) is 4.26. The second-order valence-corrected chi connectivity index (χ2v) is 3.87. The van der Waals surface area contributed by atoms with E-state index < -0.39 is 5.97 Å². The lowest BCUT2D eigenvalue weighted by Crippen LogP contribution is -1.92. The van der Waals surface area contributed by atoms with Gasteiger partial charge in [-0.2, -0.15) is 0 Å². The van der Waals surface area contributed by atoms with Crippen molar-refractivity contribution < 1.29 is 9.90 Å². The van der Waals surface area contributed by atoms with E-state index in [2.05, 4.69) is 19.8 Å². The Hall–Kier alpha value is -0.970. The average Bonchev–Trinajstić information content (AvgIpc) is 2.25. The van der Waals surface area contributed by atoms with Gasteiger partial charge in [0.2, 0.25) is 0 Å². The van der Waals surface area contributed by atoms with Gasteiger partial charge in [0.1, 0.15) is 0 Å². The quantitative estimate of drug-likeness (QED) is 0.496. The molecule has 2 nitrogen and oxygen atoms in total. The number of terminal acetylenes is 1. The zero-order valence-corrected chi connectivity index (χ0v) is 10.8. The molecule has 0 unspecified atom stereocenters. The van der Waals surface area contributed by atoms with E-state index in [0.29, 0.717) is 6.42 Å². The molecule has 94 valence electrons. The van der Waals surface area contributed by atoms with Gasteiger partial charge in [-0.15, -0.1) is 12.3 Å². The minimum absolute atomic E-state index is 0.327. The van der Waals surface area contributed by atoms with E-state index in [4.69, 9.17) is 11.5 Å². The first-order valence-corrected chi connectivity index (χ1v) is 6.34. The lowest BCUT2D eigenvalue weighted by atomic mass is 10.2. The van der Waals surface area contributed by atoms with E-state index in [1.54, 1.807) is 0 Å². The Kier molecular flexibility index (Phi) is 17.9. The van der Waals surface area contributed by atoms with Gasteiger partial charge >= 0.3 is 5.97 Å². The Labute approximate surface area is 100 Å². The van der Waals surface area contributed by atoms with Crippen molar-refractivity contribution in [2.75, 3.05) is 0 Å². The lowest BCUT2D eigenvalue weighted by molar-refractivity contribution is -0.137. The van der Waals surface area contributed by atoms with Crippen molar-refractivity contribution in [3.05, 3.63) is 0 Å². The normalized spacial score (nSPS) is 8.81. The van der Waals surface area contributed by atoms with E-state index >= 15 is 0 Å². The molecule has 0 amide bonds. The lowest BCUT2D eigenvalue weighted by Gasteiger charge is -1.90. The molecule has 0 fully saturated rings. The molecular formula is C14H26O2. The van der Waals surface area contributed by atoms with Crippen LogP contribution in [-0.4, -0.2) is 11.1 Å². The van der Waals surface area contributed by atoms with Gasteiger partial charge in [0.15, 0.2) is 0 Å². The molecule has 0 saturated heterocycles. The van der Waals surface area contributed by atoms with Crippen LogP contribution in [0.1, 0.15) is 71.6 Å². The third-order valence-electron chi connectivity index (χ3n) is 2.17. The average molecular weight is 226 g/mol. The van der Waals surface area contributed by atoms with Crippen molar-refractivity contribution in [2.24, 2.45) is 0 Å². The molecule has 0 saturated carbocycles. The molecule has 0 aliphatic heterocycles. The van der Waals surface area contributed by atoms with Gasteiger partial charge in [-0.05, 0) is 12.8 Å². The van der Waals surface area contributed by atoms with Crippen molar-refractivity contribution >= 4 is 5.97 Å². The second kappa shape index (κ2) is 16.5. The van der Waals surface area contributed by atoms with E-state index in [1.165, 1.54) is 25.7 Å². The van der Waals surface area contributed by atoms with Crippen LogP contribution in [-0.2, 0) is 4.79 Å². The first-order valence-electron chi connectivity index (χ1n) is 6.34. The Bertz CT molecular complexity index is 180. The van der Waals surface area contributed by atoms with Gasteiger partial charge in [0.05, 0.1) is 0 Å². The highest BCUT2D eigenvalue weighted by molar-refractivity contribution is 5.66. The molecule has 0 aliphatic rings. The van der Waals surface area contributed by atoms with Crippen molar-refractivity contribution in [2.45, 2.75) is 71.6 Å². The summed E-state index contributed by atoms with van der Waals surface area (Å²) in [5.41, 5.74) is 0. The number of carboxylic acids is 1. The molecule has 2 heteroatoms. The van der Waals surface area contributed by atoms with Crippen LogP contribution in [0.25, 0.3) is 0 Å². The van der Waals surface area contributed by atoms with Gasteiger partial charge in [-0.3, -0.25) is 4.79 Å². The Balaban J connectivity index is 0. The number of carbonyl (C=O) groups is 1. The maximum atomic E-state index is 9.87. The number of unbranched alkanes of at least 4 members (excludes halogenated alkanes) is 6. The summed E-state index contributed by atoms with van der Waals surface area (Å²) < 4.78 is 0. The van der Waals surface area contributed by atoms with Crippen LogP contribution in [0.15, 0.2) is 0 Å². The number of hydrogen-bond donors (Lipinski definition) is 1. The maximum absolute atomic E-state index is 9.87. The fourth-order valence-corrected chi connectivity index (χ4v) is 1.18. The molecule has 0 heterocycles. The summed E-state index contributed by atoms with van der Waals surface area (Å²) in [4.78, 5) is 9.87.